The van der Waals surface area contributed by atoms with Crippen molar-refractivity contribution in [1.82, 2.24) is 9.97 Å². The van der Waals surface area contributed by atoms with Crippen molar-refractivity contribution in [2.75, 3.05) is 30.4 Å². The molecule has 0 aliphatic heterocycles. The molecule has 0 bridgehead atoms. The summed E-state index contributed by atoms with van der Waals surface area (Å²) in [7, 11) is 1.89. The van der Waals surface area contributed by atoms with Gasteiger partial charge in [-0.15, -0.1) is 0 Å². The Bertz CT molecular complexity index is 591. The highest BCUT2D eigenvalue weighted by Crippen LogP contribution is 2.21. The fourth-order valence-corrected chi connectivity index (χ4v) is 2.19. The number of nitrogens with zero attached hydrogens (tertiary/aromatic N) is 3. The van der Waals surface area contributed by atoms with Crippen LogP contribution in [0.5, 0.6) is 0 Å². The Morgan fingerprint density at radius 3 is 2.80 bits per heavy atom. The third-order valence-electron chi connectivity index (χ3n) is 2.75. The number of aliphatic hydroxyl groups excluding tert-OH is 1. The predicted molar refractivity (Wildman–Crippen MR) is 84.5 cm³/mol. The summed E-state index contributed by atoms with van der Waals surface area (Å²) in [5, 5.41) is 12.2. The average Bonchev–Trinajstić information content (AvgIpc) is 2.38. The molecule has 2 N–H and O–H groups in total. The van der Waals surface area contributed by atoms with Gasteiger partial charge in [0.25, 0.3) is 0 Å². The number of hydrogen-bond donors (Lipinski definition) is 2. The van der Waals surface area contributed by atoms with Crippen LogP contribution in [-0.2, 0) is 0 Å². The first kappa shape index (κ1) is 14.7. The van der Waals surface area contributed by atoms with E-state index >= 15 is 0 Å². The molecule has 6 heteroatoms. The number of halogens is 1. The van der Waals surface area contributed by atoms with E-state index in [-0.39, 0.29) is 6.61 Å². The van der Waals surface area contributed by atoms with Gasteiger partial charge in [0.1, 0.15) is 17.5 Å². The molecule has 1 heterocycles. The maximum atomic E-state index is 9.00. The number of likely N-dealkylation sites (N-methyl/N-ethyl adjacent to an activating group) is 1. The van der Waals surface area contributed by atoms with Crippen molar-refractivity contribution in [1.29, 1.82) is 0 Å². The molecular weight excluding hydrogens is 320 g/mol. The lowest BCUT2D eigenvalue weighted by molar-refractivity contribution is 0.304. The van der Waals surface area contributed by atoms with Crippen LogP contribution in [-0.4, -0.2) is 35.3 Å². The van der Waals surface area contributed by atoms with Crippen LogP contribution in [0.15, 0.2) is 34.8 Å². The molecule has 0 radical (unpaired) electrons. The number of anilines is 3. The molecule has 0 saturated carbocycles. The molecule has 20 heavy (non-hydrogen) atoms. The zero-order valence-corrected chi connectivity index (χ0v) is 13.1. The van der Waals surface area contributed by atoms with Gasteiger partial charge in [-0.2, -0.15) is 0 Å². The molecule has 0 saturated heterocycles. The SMILES string of the molecule is Cc1nc(Nc2cccc(Br)c2)cc(N(C)CCO)n1. The van der Waals surface area contributed by atoms with Crippen molar-refractivity contribution in [2.45, 2.75) is 6.92 Å². The first-order valence-corrected chi connectivity index (χ1v) is 7.08. The Balaban J connectivity index is 2.23. The summed E-state index contributed by atoms with van der Waals surface area (Å²) in [6, 6.07) is 9.74. The number of aryl methyl sites for hydroxylation is 1. The topological polar surface area (TPSA) is 61.3 Å². The first-order valence-electron chi connectivity index (χ1n) is 6.29. The van der Waals surface area contributed by atoms with Crippen LogP contribution in [0.4, 0.5) is 17.3 Å². The highest BCUT2D eigenvalue weighted by molar-refractivity contribution is 9.10. The maximum Gasteiger partial charge on any atom is 0.136 e. The Morgan fingerprint density at radius 2 is 2.10 bits per heavy atom. The number of benzene rings is 1. The largest absolute Gasteiger partial charge is 0.395 e. The van der Waals surface area contributed by atoms with Gasteiger partial charge >= 0.3 is 0 Å². The monoisotopic (exact) mass is 336 g/mol. The van der Waals surface area contributed by atoms with Crippen molar-refractivity contribution in [3.05, 3.63) is 40.6 Å². The highest BCUT2D eigenvalue weighted by Gasteiger charge is 2.06. The maximum absolute atomic E-state index is 9.00. The van der Waals surface area contributed by atoms with Gasteiger partial charge in [0.05, 0.1) is 6.61 Å². The summed E-state index contributed by atoms with van der Waals surface area (Å²) in [6.45, 7) is 2.48. The molecule has 0 aliphatic carbocycles. The molecule has 2 aromatic rings. The normalized spacial score (nSPS) is 10.4. The molecule has 0 fully saturated rings. The first-order chi connectivity index (χ1) is 9.58. The summed E-state index contributed by atoms with van der Waals surface area (Å²) in [6.07, 6.45) is 0. The molecule has 0 aliphatic rings. The minimum atomic E-state index is 0.0912. The second-order valence-corrected chi connectivity index (χ2v) is 5.35. The van der Waals surface area contributed by atoms with E-state index in [2.05, 4.69) is 31.2 Å². The average molecular weight is 337 g/mol. The van der Waals surface area contributed by atoms with Gasteiger partial charge in [0.2, 0.25) is 0 Å². The Labute approximate surface area is 126 Å². The second kappa shape index (κ2) is 6.67. The van der Waals surface area contributed by atoms with Crippen LogP contribution in [0, 0.1) is 6.92 Å². The third-order valence-corrected chi connectivity index (χ3v) is 3.24. The second-order valence-electron chi connectivity index (χ2n) is 4.44. The van der Waals surface area contributed by atoms with Crippen LogP contribution >= 0.6 is 15.9 Å². The molecule has 0 unspecified atom stereocenters. The zero-order valence-electron chi connectivity index (χ0n) is 11.5. The van der Waals surface area contributed by atoms with E-state index in [1.807, 2.05) is 49.2 Å². The zero-order chi connectivity index (χ0) is 14.5. The van der Waals surface area contributed by atoms with Gasteiger partial charge in [-0.25, -0.2) is 9.97 Å². The van der Waals surface area contributed by atoms with Gasteiger partial charge in [-0.1, -0.05) is 22.0 Å². The Hall–Kier alpha value is -1.66. The number of aromatic nitrogens is 2. The number of nitrogens with one attached hydrogen (secondary N) is 1. The van der Waals surface area contributed by atoms with E-state index in [4.69, 9.17) is 5.11 Å². The molecule has 1 aromatic carbocycles. The summed E-state index contributed by atoms with van der Waals surface area (Å²) < 4.78 is 1.01. The van der Waals surface area contributed by atoms with Gasteiger partial charge in [-0.05, 0) is 25.1 Å². The van der Waals surface area contributed by atoms with Crippen LogP contribution in [0.3, 0.4) is 0 Å². The molecule has 0 atom stereocenters. The predicted octanol–water partition coefficient (Wildman–Crippen LogP) is 2.72. The van der Waals surface area contributed by atoms with Crippen molar-refractivity contribution in [2.24, 2.45) is 0 Å². The van der Waals surface area contributed by atoms with Gasteiger partial charge in [0.15, 0.2) is 0 Å². The number of hydrogen-bond acceptors (Lipinski definition) is 5. The molecule has 5 nitrogen and oxygen atoms in total. The summed E-state index contributed by atoms with van der Waals surface area (Å²) in [4.78, 5) is 10.6. The van der Waals surface area contributed by atoms with Crippen molar-refractivity contribution < 1.29 is 5.11 Å². The van der Waals surface area contributed by atoms with Gasteiger partial charge in [-0.3, -0.25) is 0 Å². The van der Waals surface area contributed by atoms with Gasteiger partial charge in [0, 0.05) is 29.8 Å². The van der Waals surface area contributed by atoms with Crippen LogP contribution in [0.25, 0.3) is 0 Å². The minimum Gasteiger partial charge on any atom is -0.395 e. The molecule has 2 rings (SSSR count). The van der Waals surface area contributed by atoms with Crippen molar-refractivity contribution in [3.8, 4) is 0 Å². The quantitative estimate of drug-likeness (QED) is 0.879. The van der Waals surface area contributed by atoms with Crippen LogP contribution in [0.1, 0.15) is 5.82 Å². The lowest BCUT2D eigenvalue weighted by Gasteiger charge is -2.18. The Morgan fingerprint density at radius 1 is 1.30 bits per heavy atom. The van der Waals surface area contributed by atoms with Crippen molar-refractivity contribution >= 4 is 33.3 Å². The standard InChI is InChI=1S/C14H17BrN4O/c1-10-16-13(9-14(17-10)19(2)6-7-20)18-12-5-3-4-11(15)8-12/h3-5,8-9,20H,6-7H2,1-2H3,(H,16,17,18). The molecular formula is C14H17BrN4O. The van der Waals surface area contributed by atoms with Crippen LogP contribution in [0.2, 0.25) is 0 Å². The molecule has 106 valence electrons. The summed E-state index contributed by atoms with van der Waals surface area (Å²) in [5.74, 6) is 2.20. The fourth-order valence-electron chi connectivity index (χ4n) is 1.79. The van der Waals surface area contributed by atoms with Gasteiger partial charge < -0.3 is 15.3 Å². The lowest BCUT2D eigenvalue weighted by atomic mass is 10.3. The Kier molecular flexibility index (Phi) is 4.92. The highest BCUT2D eigenvalue weighted by atomic mass is 79.9. The van der Waals surface area contributed by atoms with Crippen LogP contribution < -0.4 is 10.2 Å². The fraction of sp³-hybridized carbons (Fsp3) is 0.286. The molecule has 1 aromatic heterocycles. The van der Waals surface area contributed by atoms with E-state index in [1.54, 1.807) is 0 Å². The van der Waals surface area contributed by atoms with E-state index in [9.17, 15) is 0 Å². The number of aliphatic hydroxyl groups is 1. The summed E-state index contributed by atoms with van der Waals surface area (Å²) in [5.41, 5.74) is 0.952. The molecule has 0 spiro atoms. The molecule has 0 amide bonds. The van der Waals surface area contributed by atoms with Crippen molar-refractivity contribution in [3.63, 3.8) is 0 Å². The third kappa shape index (κ3) is 3.91. The number of rotatable bonds is 5. The smallest absolute Gasteiger partial charge is 0.136 e. The minimum absolute atomic E-state index is 0.0912. The van der Waals surface area contributed by atoms with E-state index in [0.717, 1.165) is 21.8 Å². The van der Waals surface area contributed by atoms with E-state index in [0.29, 0.717) is 12.4 Å². The lowest BCUT2D eigenvalue weighted by Crippen LogP contribution is -2.22. The van der Waals surface area contributed by atoms with E-state index < -0.39 is 0 Å². The van der Waals surface area contributed by atoms with E-state index in [1.165, 1.54) is 0 Å². The summed E-state index contributed by atoms with van der Waals surface area (Å²) >= 11 is 3.44.